The standard InChI is InChI=1S/C33H36FN5O6/c1-20(27(40)31(44)38-26(18-22-13-8-5-9-14-22)30(43)39-33(2,3)32(35)45)36-29(42)25(17-21-11-6-4-7-12-21)37-28(41)23-15-10-16-24(34)19-23/h4-16,19-20,25-26H,17-18H2,1-3H3,(H2,35,45)(H,36,42)(H,37,41)(H,38,44)(H,39,43). The van der Waals surface area contributed by atoms with E-state index in [1.807, 2.05) is 0 Å². The molecule has 3 rings (SSSR count). The van der Waals surface area contributed by atoms with E-state index < -0.39 is 64.8 Å². The first-order chi connectivity index (χ1) is 21.3. The van der Waals surface area contributed by atoms with Crippen LogP contribution in [-0.2, 0) is 36.8 Å². The smallest absolute Gasteiger partial charge is 0.290 e. The molecule has 0 heterocycles. The first kappa shape index (κ1) is 34.1. The quantitative estimate of drug-likeness (QED) is 0.171. The van der Waals surface area contributed by atoms with Gasteiger partial charge in [-0.2, -0.15) is 0 Å². The topological polar surface area (TPSA) is 177 Å². The summed E-state index contributed by atoms with van der Waals surface area (Å²) in [5.74, 6) is -5.87. The number of halogens is 1. The maximum Gasteiger partial charge on any atom is 0.290 e. The van der Waals surface area contributed by atoms with E-state index in [9.17, 15) is 33.2 Å². The zero-order valence-electron chi connectivity index (χ0n) is 25.1. The number of carbonyl (C=O) groups is 6. The molecule has 12 heteroatoms. The number of ketones is 1. The molecule has 11 nitrogen and oxygen atoms in total. The second-order valence-electron chi connectivity index (χ2n) is 11.0. The van der Waals surface area contributed by atoms with E-state index >= 15 is 0 Å². The van der Waals surface area contributed by atoms with Crippen LogP contribution in [0.5, 0.6) is 0 Å². The molecule has 0 saturated carbocycles. The van der Waals surface area contributed by atoms with Crippen molar-refractivity contribution >= 4 is 35.3 Å². The third-order valence-electron chi connectivity index (χ3n) is 6.92. The molecule has 3 aromatic rings. The van der Waals surface area contributed by atoms with Crippen LogP contribution in [0.2, 0.25) is 0 Å². The summed E-state index contributed by atoms with van der Waals surface area (Å²) in [5.41, 5.74) is 5.29. The average Bonchev–Trinajstić information content (AvgIpc) is 3.00. The highest BCUT2D eigenvalue weighted by Crippen LogP contribution is 2.09. The lowest BCUT2D eigenvalue weighted by atomic mass is 10.0. The van der Waals surface area contributed by atoms with Crippen molar-refractivity contribution in [1.82, 2.24) is 21.3 Å². The minimum Gasteiger partial charge on any atom is -0.368 e. The van der Waals surface area contributed by atoms with E-state index in [0.29, 0.717) is 11.1 Å². The number of nitrogens with two attached hydrogens (primary N) is 1. The van der Waals surface area contributed by atoms with Gasteiger partial charge in [-0.3, -0.25) is 28.8 Å². The van der Waals surface area contributed by atoms with Gasteiger partial charge in [-0.15, -0.1) is 0 Å². The molecule has 0 aromatic heterocycles. The van der Waals surface area contributed by atoms with Crippen LogP contribution in [0.25, 0.3) is 0 Å². The molecule has 0 fully saturated rings. The molecule has 6 N–H and O–H groups in total. The van der Waals surface area contributed by atoms with E-state index in [-0.39, 0.29) is 18.4 Å². The molecular weight excluding hydrogens is 581 g/mol. The highest BCUT2D eigenvalue weighted by atomic mass is 19.1. The van der Waals surface area contributed by atoms with Crippen molar-refractivity contribution in [2.45, 2.75) is 57.3 Å². The van der Waals surface area contributed by atoms with Gasteiger partial charge in [0.2, 0.25) is 23.5 Å². The van der Waals surface area contributed by atoms with Crippen LogP contribution in [0.1, 0.15) is 42.3 Å². The van der Waals surface area contributed by atoms with E-state index in [1.165, 1.54) is 39.0 Å². The minimum atomic E-state index is -1.44. The lowest BCUT2D eigenvalue weighted by Crippen LogP contribution is -2.60. The fraction of sp³-hybridized carbons (Fsp3) is 0.273. The van der Waals surface area contributed by atoms with Gasteiger partial charge in [0.05, 0.1) is 6.04 Å². The number of nitrogens with one attached hydrogen (secondary N) is 4. The molecule has 0 aliphatic heterocycles. The van der Waals surface area contributed by atoms with Crippen molar-refractivity contribution in [3.05, 3.63) is 107 Å². The van der Waals surface area contributed by atoms with Crippen molar-refractivity contribution < 1.29 is 33.2 Å². The zero-order chi connectivity index (χ0) is 33.1. The molecule has 0 aliphatic rings. The predicted molar refractivity (Wildman–Crippen MR) is 164 cm³/mol. The van der Waals surface area contributed by atoms with E-state index in [0.717, 1.165) is 6.07 Å². The van der Waals surface area contributed by atoms with Crippen molar-refractivity contribution in [3.8, 4) is 0 Å². The first-order valence-electron chi connectivity index (χ1n) is 14.2. The molecule has 0 bridgehead atoms. The summed E-state index contributed by atoms with van der Waals surface area (Å²) in [6.45, 7) is 4.09. The SMILES string of the molecule is CC(NC(=O)C(Cc1ccccc1)NC(=O)c1cccc(F)c1)C(=O)C(=O)NC(Cc1ccccc1)C(=O)NC(C)(C)C(N)=O. The van der Waals surface area contributed by atoms with Crippen molar-refractivity contribution in [1.29, 1.82) is 0 Å². The predicted octanol–water partition coefficient (Wildman–Crippen LogP) is 1.35. The maximum absolute atomic E-state index is 13.7. The Morgan fingerprint density at radius 2 is 1.27 bits per heavy atom. The van der Waals surface area contributed by atoms with Gasteiger partial charge in [0, 0.05) is 18.4 Å². The molecule has 3 atom stereocenters. The van der Waals surface area contributed by atoms with Gasteiger partial charge >= 0.3 is 0 Å². The van der Waals surface area contributed by atoms with E-state index in [1.54, 1.807) is 60.7 Å². The Labute approximate surface area is 260 Å². The fourth-order valence-corrected chi connectivity index (χ4v) is 4.25. The third-order valence-corrected chi connectivity index (χ3v) is 6.92. The van der Waals surface area contributed by atoms with Crippen LogP contribution >= 0.6 is 0 Å². The Hall–Kier alpha value is -5.39. The number of benzene rings is 3. The van der Waals surface area contributed by atoms with Crippen molar-refractivity contribution in [2.75, 3.05) is 0 Å². The molecule has 3 unspecified atom stereocenters. The largest absolute Gasteiger partial charge is 0.368 e. The Balaban J connectivity index is 1.74. The number of rotatable bonds is 14. The van der Waals surface area contributed by atoms with Crippen molar-refractivity contribution in [3.63, 3.8) is 0 Å². The number of amides is 5. The highest BCUT2D eigenvalue weighted by Gasteiger charge is 2.34. The molecule has 0 aliphatic carbocycles. The second-order valence-corrected chi connectivity index (χ2v) is 11.0. The highest BCUT2D eigenvalue weighted by molar-refractivity contribution is 6.38. The van der Waals surface area contributed by atoms with Crippen LogP contribution in [0.15, 0.2) is 84.9 Å². The lowest BCUT2D eigenvalue weighted by Gasteiger charge is -2.26. The van der Waals surface area contributed by atoms with Crippen LogP contribution in [0, 0.1) is 5.82 Å². The Bertz CT molecular complexity index is 1550. The summed E-state index contributed by atoms with van der Waals surface area (Å²) in [7, 11) is 0. The molecular formula is C33H36FN5O6. The number of Topliss-reactive ketones (excluding diaryl/α,β-unsaturated/α-hetero) is 1. The Morgan fingerprint density at radius 1 is 0.733 bits per heavy atom. The zero-order valence-corrected chi connectivity index (χ0v) is 25.1. The molecule has 236 valence electrons. The summed E-state index contributed by atoms with van der Waals surface area (Å²) < 4.78 is 13.7. The summed E-state index contributed by atoms with van der Waals surface area (Å²) in [4.78, 5) is 77.2. The normalized spacial score (nSPS) is 13.0. The molecule has 5 amide bonds. The Kier molecular flexibility index (Phi) is 11.6. The second kappa shape index (κ2) is 15.4. The van der Waals surface area contributed by atoms with Crippen LogP contribution in [-0.4, -0.2) is 59.0 Å². The van der Waals surface area contributed by atoms with Gasteiger partial charge in [-0.05, 0) is 50.1 Å². The van der Waals surface area contributed by atoms with Gasteiger partial charge in [-0.1, -0.05) is 66.7 Å². The lowest BCUT2D eigenvalue weighted by molar-refractivity contribution is -0.141. The molecule has 0 radical (unpaired) electrons. The van der Waals surface area contributed by atoms with Crippen LogP contribution < -0.4 is 27.0 Å². The summed E-state index contributed by atoms with van der Waals surface area (Å²) in [6.07, 6.45) is 0.0301. The number of hydrogen-bond acceptors (Lipinski definition) is 6. The Morgan fingerprint density at radius 3 is 1.78 bits per heavy atom. The van der Waals surface area contributed by atoms with Gasteiger partial charge in [0.1, 0.15) is 23.4 Å². The number of hydrogen-bond donors (Lipinski definition) is 5. The summed E-state index contributed by atoms with van der Waals surface area (Å²) >= 11 is 0. The molecule has 45 heavy (non-hydrogen) atoms. The fourth-order valence-electron chi connectivity index (χ4n) is 4.25. The first-order valence-corrected chi connectivity index (χ1v) is 14.2. The van der Waals surface area contributed by atoms with E-state index in [2.05, 4.69) is 21.3 Å². The van der Waals surface area contributed by atoms with Crippen molar-refractivity contribution in [2.24, 2.45) is 5.73 Å². The van der Waals surface area contributed by atoms with Gasteiger partial charge in [0.25, 0.3) is 11.8 Å². The van der Waals surface area contributed by atoms with Gasteiger partial charge in [-0.25, -0.2) is 4.39 Å². The monoisotopic (exact) mass is 617 g/mol. The number of carbonyl (C=O) groups excluding carboxylic acids is 6. The molecule has 0 spiro atoms. The molecule has 0 saturated heterocycles. The third kappa shape index (κ3) is 10.1. The maximum atomic E-state index is 13.7. The van der Waals surface area contributed by atoms with Crippen LogP contribution in [0.3, 0.4) is 0 Å². The van der Waals surface area contributed by atoms with Gasteiger partial charge < -0.3 is 27.0 Å². The van der Waals surface area contributed by atoms with E-state index in [4.69, 9.17) is 5.73 Å². The average molecular weight is 618 g/mol. The summed E-state index contributed by atoms with van der Waals surface area (Å²) in [5, 5.41) is 9.90. The molecule has 3 aromatic carbocycles. The van der Waals surface area contributed by atoms with Gasteiger partial charge in [0.15, 0.2) is 0 Å². The minimum absolute atomic E-state index is 0.00740. The number of primary amides is 1. The summed E-state index contributed by atoms with van der Waals surface area (Å²) in [6, 6.07) is 18.6. The van der Waals surface area contributed by atoms with Crippen LogP contribution in [0.4, 0.5) is 4.39 Å².